The summed E-state index contributed by atoms with van der Waals surface area (Å²) in [6.45, 7) is 4.13. The van der Waals surface area contributed by atoms with E-state index in [0.717, 1.165) is 13.0 Å². The summed E-state index contributed by atoms with van der Waals surface area (Å²) >= 11 is 0. The van der Waals surface area contributed by atoms with Gasteiger partial charge in [0.1, 0.15) is 0 Å². The van der Waals surface area contributed by atoms with Crippen LogP contribution in [0, 0.1) is 0 Å². The van der Waals surface area contributed by atoms with Gasteiger partial charge < -0.3 is 29.1 Å². The second-order valence-electron chi connectivity index (χ2n) is 8.43. The minimum absolute atomic E-state index is 0.0650. The van der Waals surface area contributed by atoms with Crippen LogP contribution in [0.4, 0.5) is 0 Å². The van der Waals surface area contributed by atoms with E-state index in [1.165, 1.54) is 96.3 Å². The van der Waals surface area contributed by atoms with Gasteiger partial charge in [-0.2, -0.15) is 0 Å². The maximum atomic E-state index is 11.3. The van der Waals surface area contributed by atoms with Crippen LogP contribution in [-0.4, -0.2) is 46.2 Å². The van der Waals surface area contributed by atoms with Crippen LogP contribution in [0.5, 0.6) is 0 Å². The van der Waals surface area contributed by atoms with Crippen LogP contribution >= 0.6 is 7.82 Å². The second-order valence-corrected chi connectivity index (χ2v) is 9.84. The van der Waals surface area contributed by atoms with E-state index in [1.54, 1.807) is 0 Å². The van der Waals surface area contributed by atoms with Crippen molar-refractivity contribution in [2.75, 3.05) is 46.2 Å². The zero-order chi connectivity index (χ0) is 23.6. The van der Waals surface area contributed by atoms with Crippen LogP contribution < -0.4 is 10.6 Å². The van der Waals surface area contributed by atoms with Crippen molar-refractivity contribution >= 4 is 7.82 Å². The maximum absolute atomic E-state index is 11.3. The highest BCUT2D eigenvalue weighted by Gasteiger charge is 2.07. The smallest absolute Gasteiger partial charge is 0.267 e. The normalized spacial score (nSPS) is 13.5. The van der Waals surface area contributed by atoms with Crippen LogP contribution in [0.1, 0.15) is 110 Å². The van der Waals surface area contributed by atoms with Crippen LogP contribution in [0.3, 0.4) is 0 Å². The molecule has 0 radical (unpaired) electrons. The molecule has 0 bridgehead atoms. The fraction of sp³-hybridized carbons (Fsp3) is 1.00. The second kappa shape index (κ2) is 25.6. The van der Waals surface area contributed by atoms with Gasteiger partial charge in [0.2, 0.25) is 0 Å². The molecule has 0 amide bonds. The summed E-state index contributed by atoms with van der Waals surface area (Å²) < 4.78 is 31.2. The highest BCUT2D eigenvalue weighted by Crippen LogP contribution is 2.37. The third-order valence-corrected chi connectivity index (χ3v) is 6.36. The molecule has 1 atom stereocenters. The molecule has 0 spiro atoms. The molecule has 0 heterocycles. The van der Waals surface area contributed by atoms with Crippen molar-refractivity contribution in [1.82, 2.24) is 0 Å². The molecular formula is C24H51NO6P-. The molecule has 194 valence electrons. The molecule has 1 unspecified atom stereocenters. The van der Waals surface area contributed by atoms with Crippen molar-refractivity contribution in [1.29, 1.82) is 0 Å². The topological polar surface area (TPSA) is 103 Å². The van der Waals surface area contributed by atoms with Crippen LogP contribution in [0.2, 0.25) is 0 Å². The zero-order valence-corrected chi connectivity index (χ0v) is 21.6. The fourth-order valence-corrected chi connectivity index (χ4v) is 4.19. The average molecular weight is 481 g/mol. The summed E-state index contributed by atoms with van der Waals surface area (Å²) in [6, 6.07) is 0. The standard InChI is InChI=1S/C24H52NO6P/c1-2-3-4-5-6-7-8-9-10-11-12-13-14-15-16-17-19-28-21-22-29-23-24-31-32(26,27)30-20-18-25/h2-25H2,1H3,(H,26,27)/p-1. The number of phosphoric ester groups is 1. The van der Waals surface area contributed by atoms with Crippen LogP contribution in [-0.2, 0) is 23.1 Å². The van der Waals surface area contributed by atoms with Gasteiger partial charge >= 0.3 is 0 Å². The van der Waals surface area contributed by atoms with Crippen LogP contribution in [0.25, 0.3) is 0 Å². The van der Waals surface area contributed by atoms with E-state index in [2.05, 4.69) is 16.0 Å². The number of rotatable bonds is 27. The highest BCUT2D eigenvalue weighted by molar-refractivity contribution is 7.45. The summed E-state index contributed by atoms with van der Waals surface area (Å²) in [4.78, 5) is 11.3. The molecule has 0 aromatic heterocycles. The fourth-order valence-electron chi connectivity index (χ4n) is 3.48. The molecule has 0 aromatic rings. The molecule has 0 aliphatic carbocycles. The predicted molar refractivity (Wildman–Crippen MR) is 130 cm³/mol. The first-order valence-electron chi connectivity index (χ1n) is 13.1. The molecule has 0 saturated carbocycles. The van der Waals surface area contributed by atoms with E-state index in [1.807, 2.05) is 0 Å². The van der Waals surface area contributed by atoms with Gasteiger partial charge in [-0.3, -0.25) is 4.57 Å². The van der Waals surface area contributed by atoms with E-state index in [4.69, 9.17) is 15.2 Å². The minimum Gasteiger partial charge on any atom is -0.756 e. The van der Waals surface area contributed by atoms with Gasteiger partial charge in [0.25, 0.3) is 7.82 Å². The first-order valence-corrected chi connectivity index (χ1v) is 14.5. The van der Waals surface area contributed by atoms with Gasteiger partial charge in [-0.15, -0.1) is 0 Å². The number of unbranched alkanes of at least 4 members (excludes halogenated alkanes) is 15. The minimum atomic E-state index is -4.25. The molecule has 0 rings (SSSR count). The zero-order valence-electron chi connectivity index (χ0n) is 20.7. The van der Waals surface area contributed by atoms with Gasteiger partial charge in [-0.1, -0.05) is 103 Å². The monoisotopic (exact) mass is 480 g/mol. The number of hydrogen-bond acceptors (Lipinski definition) is 7. The summed E-state index contributed by atoms with van der Waals surface area (Å²) in [5, 5.41) is 0. The largest absolute Gasteiger partial charge is 0.756 e. The van der Waals surface area contributed by atoms with Crippen molar-refractivity contribution < 1.29 is 28.0 Å². The Kier molecular flexibility index (Phi) is 25.6. The van der Waals surface area contributed by atoms with Gasteiger partial charge in [-0.05, 0) is 6.42 Å². The van der Waals surface area contributed by atoms with Gasteiger partial charge in [-0.25, -0.2) is 0 Å². The lowest BCUT2D eigenvalue weighted by Crippen LogP contribution is -2.16. The van der Waals surface area contributed by atoms with Crippen LogP contribution in [0.15, 0.2) is 0 Å². The van der Waals surface area contributed by atoms with E-state index in [-0.39, 0.29) is 26.4 Å². The predicted octanol–water partition coefficient (Wildman–Crippen LogP) is 5.74. The molecule has 0 fully saturated rings. The van der Waals surface area contributed by atoms with E-state index in [0.29, 0.717) is 13.2 Å². The molecular weight excluding hydrogens is 429 g/mol. The lowest BCUT2D eigenvalue weighted by Gasteiger charge is -2.22. The maximum Gasteiger partial charge on any atom is 0.267 e. The molecule has 2 N–H and O–H groups in total. The molecule has 0 aliphatic heterocycles. The summed E-state index contributed by atoms with van der Waals surface area (Å²) in [7, 11) is -4.25. The SMILES string of the molecule is CCCCCCCCCCCCCCCCCCOCCOCCOP(=O)([O-])OCCN. The Hall–Kier alpha value is -0.0100. The van der Waals surface area contributed by atoms with Gasteiger partial charge in [0, 0.05) is 13.2 Å². The number of hydrogen-bond donors (Lipinski definition) is 1. The summed E-state index contributed by atoms with van der Waals surface area (Å²) in [6.07, 6.45) is 21.8. The molecule has 0 aliphatic rings. The Balaban J connectivity index is 3.11. The third kappa shape index (κ3) is 26.2. The Morgan fingerprint density at radius 3 is 1.41 bits per heavy atom. The third-order valence-electron chi connectivity index (χ3n) is 5.36. The van der Waals surface area contributed by atoms with E-state index < -0.39 is 7.82 Å². The van der Waals surface area contributed by atoms with Crippen molar-refractivity contribution in [3.63, 3.8) is 0 Å². The average Bonchev–Trinajstić information content (AvgIpc) is 2.78. The molecule has 8 heteroatoms. The molecule has 0 aromatic carbocycles. The Labute approximate surface area is 197 Å². The number of nitrogens with two attached hydrogens (primary N) is 1. The van der Waals surface area contributed by atoms with E-state index in [9.17, 15) is 9.46 Å². The molecule has 32 heavy (non-hydrogen) atoms. The van der Waals surface area contributed by atoms with Crippen molar-refractivity contribution in [2.45, 2.75) is 110 Å². The Bertz CT molecular complexity index is 414. The van der Waals surface area contributed by atoms with Gasteiger partial charge in [0.15, 0.2) is 0 Å². The quantitative estimate of drug-likeness (QED) is 0.118. The Morgan fingerprint density at radius 2 is 0.938 bits per heavy atom. The number of phosphoric acid groups is 1. The van der Waals surface area contributed by atoms with Crippen molar-refractivity contribution in [2.24, 2.45) is 5.73 Å². The summed E-state index contributed by atoms with van der Waals surface area (Å²) in [5.41, 5.74) is 5.17. The molecule has 7 nitrogen and oxygen atoms in total. The Morgan fingerprint density at radius 1 is 0.562 bits per heavy atom. The van der Waals surface area contributed by atoms with Crippen molar-refractivity contribution in [3.8, 4) is 0 Å². The first kappa shape index (κ1) is 32.0. The highest BCUT2D eigenvalue weighted by atomic mass is 31.2. The van der Waals surface area contributed by atoms with E-state index >= 15 is 0 Å². The van der Waals surface area contributed by atoms with Crippen molar-refractivity contribution in [3.05, 3.63) is 0 Å². The molecule has 0 saturated heterocycles. The van der Waals surface area contributed by atoms with Gasteiger partial charge in [0.05, 0.1) is 33.0 Å². The summed E-state index contributed by atoms with van der Waals surface area (Å²) in [5.74, 6) is 0. The lowest BCUT2D eigenvalue weighted by atomic mass is 10.0. The number of ether oxygens (including phenoxy) is 2. The first-order chi connectivity index (χ1) is 15.6. The lowest BCUT2D eigenvalue weighted by molar-refractivity contribution is -0.226.